The predicted octanol–water partition coefficient (Wildman–Crippen LogP) is 3.62. The number of aliphatic carboxylic acids is 1. The van der Waals surface area contributed by atoms with E-state index in [0.29, 0.717) is 12.3 Å². The lowest BCUT2D eigenvalue weighted by Crippen LogP contribution is -2.49. The molecule has 0 aromatic carbocycles. The summed E-state index contributed by atoms with van der Waals surface area (Å²) in [5.74, 6) is -0.148. The summed E-state index contributed by atoms with van der Waals surface area (Å²) in [5, 5.41) is 9.20. The molecule has 0 saturated heterocycles. The van der Waals surface area contributed by atoms with Gasteiger partial charge in [0, 0.05) is 5.41 Å². The van der Waals surface area contributed by atoms with Crippen LogP contribution in [0.5, 0.6) is 0 Å². The van der Waals surface area contributed by atoms with E-state index in [-0.39, 0.29) is 10.8 Å². The van der Waals surface area contributed by atoms with Gasteiger partial charge in [-0.25, -0.2) is 0 Å². The van der Waals surface area contributed by atoms with E-state index in [2.05, 4.69) is 26.0 Å². The van der Waals surface area contributed by atoms with Crippen molar-refractivity contribution in [2.75, 3.05) is 0 Å². The van der Waals surface area contributed by atoms with Crippen LogP contribution in [0.25, 0.3) is 0 Å². The normalized spacial score (nSPS) is 42.8. The van der Waals surface area contributed by atoms with Crippen molar-refractivity contribution < 1.29 is 9.90 Å². The molecule has 0 amide bonds. The second kappa shape index (κ2) is 3.90. The van der Waals surface area contributed by atoms with Crippen LogP contribution in [0.1, 0.15) is 52.4 Å². The van der Waals surface area contributed by atoms with Gasteiger partial charge in [-0.3, -0.25) is 4.79 Å². The molecule has 0 unspecified atom stereocenters. The van der Waals surface area contributed by atoms with Gasteiger partial charge in [0.15, 0.2) is 0 Å². The van der Waals surface area contributed by atoms with Crippen LogP contribution in [0.15, 0.2) is 12.2 Å². The summed E-state index contributed by atoms with van der Waals surface area (Å²) < 4.78 is 0. The van der Waals surface area contributed by atoms with Crippen molar-refractivity contribution in [1.82, 2.24) is 0 Å². The number of hydrogen-bond acceptors (Lipinski definition) is 1. The Hall–Kier alpha value is -0.790. The largest absolute Gasteiger partial charge is 0.481 e. The number of allylic oxidation sites excluding steroid dienone is 2. The molecule has 3 atom stereocenters. The van der Waals surface area contributed by atoms with Gasteiger partial charge in [0.25, 0.3) is 0 Å². The number of hydrogen-bond donors (Lipinski definition) is 1. The first-order valence-electron chi connectivity index (χ1n) is 6.40. The lowest BCUT2D eigenvalue weighted by atomic mass is 9.48. The number of carboxylic acids is 1. The standard InChI is InChI=1S/C14H22O2/c1-11-6-5-8-13(2)7-3-4-9-14(11,13)10-12(15)16/h4,9,11H,3,5-8,10H2,1-2H3,(H,15,16)/t11-,13+,14-/m0/s1. The molecular formula is C14H22O2. The summed E-state index contributed by atoms with van der Waals surface area (Å²) >= 11 is 0. The molecule has 2 heteroatoms. The van der Waals surface area contributed by atoms with Crippen LogP contribution in [-0.2, 0) is 4.79 Å². The average Bonchev–Trinajstić information content (AvgIpc) is 2.19. The molecule has 1 N–H and O–H groups in total. The Morgan fingerprint density at radius 1 is 1.50 bits per heavy atom. The van der Waals surface area contributed by atoms with Crippen molar-refractivity contribution in [2.45, 2.75) is 52.4 Å². The zero-order valence-corrected chi connectivity index (χ0v) is 10.3. The highest BCUT2D eigenvalue weighted by Crippen LogP contribution is 2.60. The number of rotatable bonds is 2. The Morgan fingerprint density at radius 3 is 2.94 bits per heavy atom. The third kappa shape index (κ3) is 1.59. The third-order valence-electron chi connectivity index (χ3n) is 5.09. The van der Waals surface area contributed by atoms with E-state index in [1.807, 2.05) is 0 Å². The van der Waals surface area contributed by atoms with Crippen LogP contribution >= 0.6 is 0 Å². The van der Waals surface area contributed by atoms with Crippen molar-refractivity contribution in [3.8, 4) is 0 Å². The highest BCUT2D eigenvalue weighted by atomic mass is 16.4. The van der Waals surface area contributed by atoms with E-state index in [1.165, 1.54) is 19.3 Å². The topological polar surface area (TPSA) is 37.3 Å². The summed E-state index contributed by atoms with van der Waals surface area (Å²) in [6.07, 6.45) is 10.6. The van der Waals surface area contributed by atoms with Gasteiger partial charge in [-0.05, 0) is 37.0 Å². The lowest BCUT2D eigenvalue weighted by Gasteiger charge is -2.55. The van der Waals surface area contributed by atoms with Gasteiger partial charge in [0.05, 0.1) is 6.42 Å². The van der Waals surface area contributed by atoms with Gasteiger partial charge in [-0.2, -0.15) is 0 Å². The Morgan fingerprint density at radius 2 is 2.25 bits per heavy atom. The van der Waals surface area contributed by atoms with Gasteiger partial charge in [0.1, 0.15) is 0 Å². The molecule has 2 aliphatic carbocycles. The minimum Gasteiger partial charge on any atom is -0.481 e. The highest BCUT2D eigenvalue weighted by Gasteiger charge is 2.53. The SMILES string of the molecule is C[C@H]1CCC[C@@]2(C)CCC=C[C@]12CC(=O)O. The molecule has 2 nitrogen and oxygen atoms in total. The molecule has 0 heterocycles. The first-order chi connectivity index (χ1) is 7.50. The van der Waals surface area contributed by atoms with E-state index in [9.17, 15) is 9.90 Å². The molecule has 1 saturated carbocycles. The van der Waals surface area contributed by atoms with Crippen LogP contribution in [0, 0.1) is 16.7 Å². The van der Waals surface area contributed by atoms with Crippen molar-refractivity contribution in [1.29, 1.82) is 0 Å². The van der Waals surface area contributed by atoms with Crippen LogP contribution < -0.4 is 0 Å². The summed E-state index contributed by atoms with van der Waals surface area (Å²) in [6.45, 7) is 4.53. The molecule has 0 spiro atoms. The smallest absolute Gasteiger partial charge is 0.304 e. The molecule has 90 valence electrons. The van der Waals surface area contributed by atoms with Gasteiger partial charge in [0.2, 0.25) is 0 Å². The van der Waals surface area contributed by atoms with E-state index in [4.69, 9.17) is 0 Å². The monoisotopic (exact) mass is 222 g/mol. The number of carboxylic acid groups (broad SMARTS) is 1. The molecule has 1 fully saturated rings. The minimum atomic E-state index is -0.647. The fraction of sp³-hybridized carbons (Fsp3) is 0.786. The summed E-state index contributed by atoms with van der Waals surface area (Å²) in [5.41, 5.74) is 0.118. The summed E-state index contributed by atoms with van der Waals surface area (Å²) in [7, 11) is 0. The Balaban J connectivity index is 2.41. The van der Waals surface area contributed by atoms with Gasteiger partial charge in [-0.15, -0.1) is 0 Å². The number of fused-ring (bicyclic) bond motifs is 1. The van der Waals surface area contributed by atoms with Crippen molar-refractivity contribution in [3.05, 3.63) is 12.2 Å². The summed E-state index contributed by atoms with van der Waals surface area (Å²) in [4.78, 5) is 11.2. The first kappa shape index (κ1) is 11.7. The van der Waals surface area contributed by atoms with Gasteiger partial charge < -0.3 is 5.11 Å². The quantitative estimate of drug-likeness (QED) is 0.724. The maximum Gasteiger partial charge on any atom is 0.304 e. The van der Waals surface area contributed by atoms with E-state index < -0.39 is 5.97 Å². The van der Waals surface area contributed by atoms with Crippen molar-refractivity contribution in [3.63, 3.8) is 0 Å². The molecule has 0 bridgehead atoms. The second-order valence-electron chi connectivity index (χ2n) is 5.91. The molecule has 0 aromatic heterocycles. The van der Waals surface area contributed by atoms with E-state index in [1.54, 1.807) is 0 Å². The average molecular weight is 222 g/mol. The maximum atomic E-state index is 11.2. The second-order valence-corrected chi connectivity index (χ2v) is 5.91. The molecule has 2 aliphatic rings. The van der Waals surface area contributed by atoms with Gasteiger partial charge >= 0.3 is 5.97 Å². The van der Waals surface area contributed by atoms with Crippen LogP contribution in [0.3, 0.4) is 0 Å². The van der Waals surface area contributed by atoms with Crippen LogP contribution in [-0.4, -0.2) is 11.1 Å². The maximum absolute atomic E-state index is 11.2. The minimum absolute atomic E-state index is 0.0880. The predicted molar refractivity (Wildman–Crippen MR) is 64.2 cm³/mol. The lowest BCUT2D eigenvalue weighted by molar-refractivity contribution is -0.144. The molecule has 0 radical (unpaired) electrons. The zero-order valence-electron chi connectivity index (χ0n) is 10.3. The fourth-order valence-corrected chi connectivity index (χ4v) is 4.00. The fourth-order valence-electron chi connectivity index (χ4n) is 4.00. The van der Waals surface area contributed by atoms with Crippen LogP contribution in [0.2, 0.25) is 0 Å². The zero-order chi connectivity index (χ0) is 11.8. The first-order valence-corrected chi connectivity index (χ1v) is 6.40. The van der Waals surface area contributed by atoms with Crippen molar-refractivity contribution >= 4 is 5.97 Å². The molecule has 2 rings (SSSR count). The molecule has 0 aliphatic heterocycles. The Labute approximate surface area is 97.7 Å². The molecule has 0 aromatic rings. The molecule has 16 heavy (non-hydrogen) atoms. The Bertz CT molecular complexity index is 321. The van der Waals surface area contributed by atoms with Crippen molar-refractivity contribution in [2.24, 2.45) is 16.7 Å². The van der Waals surface area contributed by atoms with Crippen LogP contribution in [0.4, 0.5) is 0 Å². The molecular weight excluding hydrogens is 200 g/mol. The number of carbonyl (C=O) groups is 1. The third-order valence-corrected chi connectivity index (χ3v) is 5.09. The van der Waals surface area contributed by atoms with E-state index in [0.717, 1.165) is 12.8 Å². The van der Waals surface area contributed by atoms with E-state index >= 15 is 0 Å². The Kier molecular flexibility index (Phi) is 2.85. The highest BCUT2D eigenvalue weighted by molar-refractivity contribution is 5.68. The van der Waals surface area contributed by atoms with Gasteiger partial charge in [-0.1, -0.05) is 32.4 Å². The summed E-state index contributed by atoms with van der Waals surface area (Å²) in [6, 6.07) is 0.